The van der Waals surface area contributed by atoms with E-state index in [1.165, 1.54) is 22.3 Å². The Kier molecular flexibility index (Phi) is 5.58. The van der Waals surface area contributed by atoms with Gasteiger partial charge in [-0.05, 0) is 48.1 Å². The van der Waals surface area contributed by atoms with Gasteiger partial charge in [0.15, 0.2) is 0 Å². The van der Waals surface area contributed by atoms with E-state index in [1.807, 2.05) is 0 Å². The quantitative estimate of drug-likeness (QED) is 0.796. The van der Waals surface area contributed by atoms with Crippen LogP contribution in [-0.2, 0) is 12.8 Å². The zero-order chi connectivity index (χ0) is 15.2. The van der Waals surface area contributed by atoms with E-state index in [-0.39, 0.29) is 0 Å². The highest BCUT2D eigenvalue weighted by molar-refractivity contribution is 5.32. The lowest BCUT2D eigenvalue weighted by Crippen LogP contribution is -2.20. The summed E-state index contributed by atoms with van der Waals surface area (Å²) in [6.07, 6.45) is 2.12. The smallest absolute Gasteiger partial charge is 0.0361 e. The molecule has 0 aliphatic rings. The number of nitrogens with one attached hydrogen (secondary N) is 1. The van der Waals surface area contributed by atoms with Crippen molar-refractivity contribution in [2.45, 2.75) is 45.6 Å². The summed E-state index contributed by atoms with van der Waals surface area (Å²) < 4.78 is 0. The number of aryl methyl sites for hydroxylation is 1. The number of rotatable bonds is 6. The molecule has 0 heterocycles. The maximum Gasteiger partial charge on any atom is 0.0361 e. The van der Waals surface area contributed by atoms with Crippen LogP contribution in [0.5, 0.6) is 0 Å². The molecule has 1 nitrogen and oxygen atoms in total. The maximum absolute atomic E-state index is 3.48. The SMILES string of the molecule is CCc1ccccc1C(Cc1ccc(C(C)C)cc1)NC. The van der Waals surface area contributed by atoms with Crippen LogP contribution >= 0.6 is 0 Å². The van der Waals surface area contributed by atoms with Crippen molar-refractivity contribution >= 4 is 0 Å². The maximum atomic E-state index is 3.48. The molecule has 0 bridgehead atoms. The Morgan fingerprint density at radius 1 is 0.952 bits per heavy atom. The lowest BCUT2D eigenvalue weighted by Gasteiger charge is -2.20. The molecule has 0 saturated heterocycles. The molecular weight excluding hydrogens is 254 g/mol. The van der Waals surface area contributed by atoms with Gasteiger partial charge in [0.1, 0.15) is 0 Å². The standard InChI is InChI=1S/C20H27N/c1-5-17-8-6-7-9-19(17)20(21-4)14-16-10-12-18(13-11-16)15(2)3/h6-13,15,20-21H,5,14H2,1-4H3. The van der Waals surface area contributed by atoms with E-state index >= 15 is 0 Å². The molecule has 0 amide bonds. The third kappa shape index (κ3) is 3.95. The molecule has 2 rings (SSSR count). The first kappa shape index (κ1) is 15.8. The first-order valence-electron chi connectivity index (χ1n) is 7.99. The van der Waals surface area contributed by atoms with Crippen molar-refractivity contribution in [1.82, 2.24) is 5.32 Å². The molecular formula is C20H27N. The Hall–Kier alpha value is -1.60. The minimum Gasteiger partial charge on any atom is -0.313 e. The molecule has 2 aromatic rings. The first-order chi connectivity index (χ1) is 10.2. The molecule has 0 aromatic heterocycles. The Morgan fingerprint density at radius 2 is 1.62 bits per heavy atom. The van der Waals surface area contributed by atoms with Crippen LogP contribution in [0.25, 0.3) is 0 Å². The van der Waals surface area contributed by atoms with Crippen LogP contribution in [0.4, 0.5) is 0 Å². The van der Waals surface area contributed by atoms with Gasteiger partial charge >= 0.3 is 0 Å². The zero-order valence-corrected chi connectivity index (χ0v) is 13.7. The average molecular weight is 281 g/mol. The summed E-state index contributed by atoms with van der Waals surface area (Å²) in [7, 11) is 2.06. The van der Waals surface area contributed by atoms with Crippen molar-refractivity contribution < 1.29 is 0 Å². The summed E-state index contributed by atoms with van der Waals surface area (Å²) in [5, 5.41) is 3.48. The Labute approximate surface area is 129 Å². The molecule has 0 radical (unpaired) electrons. The second-order valence-corrected chi connectivity index (χ2v) is 5.99. The molecule has 112 valence electrons. The summed E-state index contributed by atoms with van der Waals surface area (Å²) in [4.78, 5) is 0. The summed E-state index contributed by atoms with van der Waals surface area (Å²) in [6, 6.07) is 18.2. The van der Waals surface area contributed by atoms with Crippen LogP contribution in [0.3, 0.4) is 0 Å². The molecule has 2 aromatic carbocycles. The molecule has 0 aliphatic heterocycles. The molecule has 0 saturated carbocycles. The van der Waals surface area contributed by atoms with E-state index in [1.54, 1.807) is 0 Å². The second kappa shape index (κ2) is 7.42. The summed E-state index contributed by atoms with van der Waals surface area (Å²) >= 11 is 0. The summed E-state index contributed by atoms with van der Waals surface area (Å²) in [5.74, 6) is 0.597. The Morgan fingerprint density at radius 3 is 2.19 bits per heavy atom. The lowest BCUT2D eigenvalue weighted by molar-refractivity contribution is 0.586. The van der Waals surface area contributed by atoms with Crippen molar-refractivity contribution in [2.24, 2.45) is 0 Å². The normalized spacial score (nSPS) is 12.6. The van der Waals surface area contributed by atoms with Gasteiger partial charge in [0.2, 0.25) is 0 Å². The third-order valence-corrected chi connectivity index (χ3v) is 4.25. The first-order valence-corrected chi connectivity index (χ1v) is 7.99. The van der Waals surface area contributed by atoms with Crippen molar-refractivity contribution in [1.29, 1.82) is 0 Å². The second-order valence-electron chi connectivity index (χ2n) is 5.99. The molecule has 1 unspecified atom stereocenters. The lowest BCUT2D eigenvalue weighted by atomic mass is 9.93. The molecule has 1 N–H and O–H groups in total. The van der Waals surface area contributed by atoms with Gasteiger partial charge in [-0.25, -0.2) is 0 Å². The van der Waals surface area contributed by atoms with Gasteiger partial charge in [-0.1, -0.05) is 69.3 Å². The number of hydrogen-bond acceptors (Lipinski definition) is 1. The van der Waals surface area contributed by atoms with Crippen molar-refractivity contribution in [3.05, 3.63) is 70.8 Å². The highest BCUT2D eigenvalue weighted by Gasteiger charge is 2.13. The summed E-state index contributed by atoms with van der Waals surface area (Å²) in [6.45, 7) is 6.70. The fourth-order valence-corrected chi connectivity index (χ4v) is 2.84. The average Bonchev–Trinajstić information content (AvgIpc) is 2.53. The Bertz CT molecular complexity index is 554. The van der Waals surface area contributed by atoms with E-state index < -0.39 is 0 Å². The Balaban J connectivity index is 2.19. The zero-order valence-electron chi connectivity index (χ0n) is 13.7. The minimum absolute atomic E-state index is 0.381. The predicted molar refractivity (Wildman–Crippen MR) is 91.9 cm³/mol. The van der Waals surface area contributed by atoms with Gasteiger partial charge in [-0.2, -0.15) is 0 Å². The van der Waals surface area contributed by atoms with Gasteiger partial charge in [-0.3, -0.25) is 0 Å². The van der Waals surface area contributed by atoms with E-state index in [2.05, 4.69) is 81.7 Å². The fourth-order valence-electron chi connectivity index (χ4n) is 2.84. The molecule has 0 fully saturated rings. The number of likely N-dealkylation sites (N-methyl/N-ethyl adjacent to an activating group) is 1. The molecule has 0 aliphatic carbocycles. The van der Waals surface area contributed by atoms with Gasteiger partial charge < -0.3 is 5.32 Å². The van der Waals surface area contributed by atoms with E-state index in [0.29, 0.717) is 12.0 Å². The van der Waals surface area contributed by atoms with Crippen LogP contribution < -0.4 is 5.32 Å². The highest BCUT2D eigenvalue weighted by atomic mass is 14.9. The monoisotopic (exact) mass is 281 g/mol. The fraction of sp³-hybridized carbons (Fsp3) is 0.400. The molecule has 1 heteroatoms. The van der Waals surface area contributed by atoms with Gasteiger partial charge in [0.25, 0.3) is 0 Å². The number of hydrogen-bond donors (Lipinski definition) is 1. The van der Waals surface area contributed by atoms with Gasteiger partial charge in [0.05, 0.1) is 0 Å². The van der Waals surface area contributed by atoms with Crippen LogP contribution in [0.2, 0.25) is 0 Å². The van der Waals surface area contributed by atoms with Crippen molar-refractivity contribution in [2.75, 3.05) is 7.05 Å². The highest BCUT2D eigenvalue weighted by Crippen LogP contribution is 2.23. The molecule has 1 atom stereocenters. The summed E-state index contributed by atoms with van der Waals surface area (Å²) in [5.41, 5.74) is 5.67. The number of benzene rings is 2. The van der Waals surface area contributed by atoms with Gasteiger partial charge in [-0.15, -0.1) is 0 Å². The largest absolute Gasteiger partial charge is 0.313 e. The predicted octanol–water partition coefficient (Wildman–Crippen LogP) is 4.88. The van der Waals surface area contributed by atoms with E-state index in [0.717, 1.165) is 12.8 Å². The van der Waals surface area contributed by atoms with E-state index in [4.69, 9.17) is 0 Å². The van der Waals surface area contributed by atoms with Crippen LogP contribution in [0.15, 0.2) is 48.5 Å². The van der Waals surface area contributed by atoms with Crippen LogP contribution in [-0.4, -0.2) is 7.05 Å². The van der Waals surface area contributed by atoms with E-state index in [9.17, 15) is 0 Å². The topological polar surface area (TPSA) is 12.0 Å². The minimum atomic E-state index is 0.381. The third-order valence-electron chi connectivity index (χ3n) is 4.25. The molecule has 0 spiro atoms. The van der Waals surface area contributed by atoms with Crippen molar-refractivity contribution in [3.63, 3.8) is 0 Å². The van der Waals surface area contributed by atoms with Crippen LogP contribution in [0, 0.1) is 0 Å². The van der Waals surface area contributed by atoms with Crippen LogP contribution in [0.1, 0.15) is 55.0 Å². The van der Waals surface area contributed by atoms with Crippen molar-refractivity contribution in [3.8, 4) is 0 Å². The molecule has 21 heavy (non-hydrogen) atoms. The van der Waals surface area contributed by atoms with Gasteiger partial charge in [0, 0.05) is 6.04 Å².